The highest BCUT2D eigenvalue weighted by Gasteiger charge is 2.16. The number of hydrogen-bond donors (Lipinski definition) is 2. The van der Waals surface area contributed by atoms with E-state index in [4.69, 9.17) is 4.74 Å². The van der Waals surface area contributed by atoms with Gasteiger partial charge < -0.3 is 15.4 Å². The number of hydrogen-bond acceptors (Lipinski definition) is 3. The summed E-state index contributed by atoms with van der Waals surface area (Å²) in [6.07, 6.45) is 0.946. The van der Waals surface area contributed by atoms with E-state index in [1.807, 2.05) is 43.3 Å². The molecule has 2 aromatic carbocycles. The Kier molecular flexibility index (Phi) is 4.85. The number of carbonyl (C=O) groups is 2. The van der Waals surface area contributed by atoms with Crippen LogP contribution in [0.5, 0.6) is 5.75 Å². The first-order valence-corrected chi connectivity index (χ1v) is 8.42. The first-order chi connectivity index (χ1) is 11.5. The van der Waals surface area contributed by atoms with Gasteiger partial charge in [-0.25, -0.2) is 0 Å². The smallest absolute Gasteiger partial charge is 0.262 e. The number of aryl methyl sites for hydroxylation is 2. The molecular weight excluding hydrogens is 372 g/mol. The SMILES string of the molecule is Cc1ccc(NC(=O)CCc2ccc3c(c2)NC(=O)CO3)cc1Br. The molecule has 2 amide bonds. The van der Waals surface area contributed by atoms with Gasteiger partial charge in [0.2, 0.25) is 5.91 Å². The number of ether oxygens (including phenoxy) is 1. The van der Waals surface area contributed by atoms with Gasteiger partial charge in [-0.3, -0.25) is 9.59 Å². The van der Waals surface area contributed by atoms with E-state index in [9.17, 15) is 9.59 Å². The van der Waals surface area contributed by atoms with E-state index in [1.165, 1.54) is 0 Å². The second-order valence-electron chi connectivity index (χ2n) is 5.68. The summed E-state index contributed by atoms with van der Waals surface area (Å²) < 4.78 is 6.28. The molecule has 1 heterocycles. The van der Waals surface area contributed by atoms with Gasteiger partial charge >= 0.3 is 0 Å². The lowest BCUT2D eigenvalue weighted by Crippen LogP contribution is -2.25. The van der Waals surface area contributed by atoms with E-state index in [1.54, 1.807) is 0 Å². The van der Waals surface area contributed by atoms with Crippen molar-refractivity contribution < 1.29 is 14.3 Å². The van der Waals surface area contributed by atoms with E-state index >= 15 is 0 Å². The highest BCUT2D eigenvalue weighted by Crippen LogP contribution is 2.29. The molecule has 24 heavy (non-hydrogen) atoms. The van der Waals surface area contributed by atoms with Gasteiger partial charge in [-0.15, -0.1) is 0 Å². The van der Waals surface area contributed by atoms with E-state index < -0.39 is 0 Å². The molecule has 124 valence electrons. The van der Waals surface area contributed by atoms with E-state index in [0.29, 0.717) is 24.3 Å². The highest BCUT2D eigenvalue weighted by molar-refractivity contribution is 9.10. The molecule has 0 unspecified atom stereocenters. The van der Waals surface area contributed by atoms with Gasteiger partial charge in [0.15, 0.2) is 6.61 Å². The Morgan fingerprint density at radius 1 is 1.29 bits per heavy atom. The van der Waals surface area contributed by atoms with Crippen LogP contribution in [0.2, 0.25) is 0 Å². The highest BCUT2D eigenvalue weighted by atomic mass is 79.9. The topological polar surface area (TPSA) is 67.4 Å². The maximum Gasteiger partial charge on any atom is 0.262 e. The fourth-order valence-corrected chi connectivity index (χ4v) is 2.82. The summed E-state index contributed by atoms with van der Waals surface area (Å²) in [5.41, 5.74) is 3.52. The van der Waals surface area contributed by atoms with Crippen LogP contribution in [0.3, 0.4) is 0 Å². The quantitative estimate of drug-likeness (QED) is 0.839. The zero-order valence-corrected chi connectivity index (χ0v) is 14.8. The Morgan fingerprint density at radius 2 is 2.12 bits per heavy atom. The maximum absolute atomic E-state index is 12.1. The summed E-state index contributed by atoms with van der Waals surface area (Å²) >= 11 is 3.45. The van der Waals surface area contributed by atoms with Gasteiger partial charge in [0.05, 0.1) is 5.69 Å². The summed E-state index contributed by atoms with van der Waals surface area (Å²) in [5.74, 6) is 0.443. The molecule has 0 fully saturated rings. The minimum atomic E-state index is -0.164. The molecule has 0 spiro atoms. The Hall–Kier alpha value is -2.34. The van der Waals surface area contributed by atoms with Crippen LogP contribution in [-0.4, -0.2) is 18.4 Å². The van der Waals surface area contributed by atoms with Crippen LogP contribution in [0.15, 0.2) is 40.9 Å². The van der Waals surface area contributed by atoms with Crippen molar-refractivity contribution in [1.29, 1.82) is 0 Å². The molecule has 0 saturated carbocycles. The van der Waals surface area contributed by atoms with Gasteiger partial charge in [-0.2, -0.15) is 0 Å². The van der Waals surface area contributed by atoms with Crippen LogP contribution in [0.4, 0.5) is 11.4 Å². The molecule has 0 aromatic heterocycles. The third-order valence-electron chi connectivity index (χ3n) is 3.77. The van der Waals surface area contributed by atoms with Crippen molar-refractivity contribution in [3.8, 4) is 5.75 Å². The molecule has 0 aliphatic carbocycles. The van der Waals surface area contributed by atoms with Crippen LogP contribution in [0, 0.1) is 6.92 Å². The number of nitrogens with one attached hydrogen (secondary N) is 2. The van der Waals surface area contributed by atoms with Gasteiger partial charge in [0.1, 0.15) is 5.75 Å². The number of amides is 2. The molecule has 0 bridgehead atoms. The molecule has 2 aromatic rings. The largest absolute Gasteiger partial charge is 0.482 e. The molecule has 5 nitrogen and oxygen atoms in total. The number of carbonyl (C=O) groups excluding carboxylic acids is 2. The lowest BCUT2D eigenvalue weighted by atomic mass is 10.1. The zero-order valence-electron chi connectivity index (χ0n) is 13.2. The number of halogens is 1. The van der Waals surface area contributed by atoms with Crippen molar-refractivity contribution >= 4 is 39.1 Å². The van der Waals surface area contributed by atoms with Gasteiger partial charge in [0, 0.05) is 16.6 Å². The van der Waals surface area contributed by atoms with Gasteiger partial charge in [-0.1, -0.05) is 28.1 Å². The monoisotopic (exact) mass is 388 g/mol. The van der Waals surface area contributed by atoms with Crippen LogP contribution in [0.25, 0.3) is 0 Å². The number of benzene rings is 2. The molecule has 6 heteroatoms. The molecule has 3 rings (SSSR count). The minimum Gasteiger partial charge on any atom is -0.482 e. The van der Waals surface area contributed by atoms with Crippen molar-refractivity contribution in [1.82, 2.24) is 0 Å². The number of anilines is 2. The van der Waals surface area contributed by atoms with Crippen molar-refractivity contribution in [2.75, 3.05) is 17.2 Å². The molecule has 0 saturated heterocycles. The summed E-state index contributed by atoms with van der Waals surface area (Å²) in [6.45, 7) is 2.04. The minimum absolute atomic E-state index is 0.0425. The van der Waals surface area contributed by atoms with E-state index in [2.05, 4.69) is 26.6 Å². The van der Waals surface area contributed by atoms with E-state index in [0.717, 1.165) is 21.3 Å². The summed E-state index contributed by atoms with van der Waals surface area (Å²) in [7, 11) is 0. The summed E-state index contributed by atoms with van der Waals surface area (Å²) in [5, 5.41) is 5.66. The van der Waals surface area contributed by atoms with Crippen molar-refractivity contribution in [2.45, 2.75) is 19.8 Å². The summed E-state index contributed by atoms with van der Waals surface area (Å²) in [4.78, 5) is 23.5. The van der Waals surface area contributed by atoms with Crippen LogP contribution >= 0.6 is 15.9 Å². The van der Waals surface area contributed by atoms with Crippen LogP contribution < -0.4 is 15.4 Å². The van der Waals surface area contributed by atoms with Crippen LogP contribution in [0.1, 0.15) is 17.5 Å². The summed E-state index contributed by atoms with van der Waals surface area (Å²) in [6, 6.07) is 11.3. The Balaban J connectivity index is 1.59. The zero-order chi connectivity index (χ0) is 17.1. The fourth-order valence-electron chi connectivity index (χ4n) is 2.44. The molecular formula is C18H17BrN2O3. The number of fused-ring (bicyclic) bond motifs is 1. The Morgan fingerprint density at radius 3 is 2.92 bits per heavy atom. The predicted molar refractivity (Wildman–Crippen MR) is 96.4 cm³/mol. The van der Waals surface area contributed by atoms with Gasteiger partial charge in [-0.05, 0) is 48.7 Å². The van der Waals surface area contributed by atoms with Gasteiger partial charge in [0.25, 0.3) is 5.91 Å². The second kappa shape index (κ2) is 7.05. The lowest BCUT2D eigenvalue weighted by Gasteiger charge is -2.18. The average molecular weight is 389 g/mol. The molecule has 0 radical (unpaired) electrons. The van der Waals surface area contributed by atoms with Crippen molar-refractivity contribution in [2.24, 2.45) is 0 Å². The molecule has 1 aliphatic heterocycles. The first kappa shape index (κ1) is 16.5. The Labute approximate surface area is 148 Å². The third-order valence-corrected chi connectivity index (χ3v) is 4.63. The van der Waals surface area contributed by atoms with Crippen molar-refractivity contribution in [3.63, 3.8) is 0 Å². The van der Waals surface area contributed by atoms with E-state index in [-0.39, 0.29) is 18.4 Å². The van der Waals surface area contributed by atoms with Crippen molar-refractivity contribution in [3.05, 3.63) is 52.0 Å². The Bertz CT molecular complexity index is 805. The lowest BCUT2D eigenvalue weighted by molar-refractivity contribution is -0.118. The predicted octanol–water partition coefficient (Wildman–Crippen LogP) is 3.66. The normalized spacial score (nSPS) is 12.8. The second-order valence-corrected chi connectivity index (χ2v) is 6.53. The molecule has 0 atom stereocenters. The first-order valence-electron chi connectivity index (χ1n) is 7.63. The standard InChI is InChI=1S/C18H17BrN2O3/c1-11-2-5-13(9-14(11)19)20-17(22)7-4-12-3-6-16-15(8-12)21-18(23)10-24-16/h2-3,5-6,8-9H,4,7,10H2,1H3,(H,20,22)(H,21,23). The van der Waals surface area contributed by atoms with Crippen LogP contribution in [-0.2, 0) is 16.0 Å². The average Bonchev–Trinajstić information content (AvgIpc) is 2.56. The number of rotatable bonds is 4. The molecule has 2 N–H and O–H groups in total. The third kappa shape index (κ3) is 3.94. The molecule has 1 aliphatic rings. The fraction of sp³-hybridized carbons (Fsp3) is 0.222. The maximum atomic E-state index is 12.1.